The number of halogens is 1. The van der Waals surface area contributed by atoms with Crippen molar-refractivity contribution >= 4 is 51.5 Å². The number of hydrogen-bond donors (Lipinski definition) is 5. The summed E-state index contributed by atoms with van der Waals surface area (Å²) in [5.41, 5.74) is 16.8. The van der Waals surface area contributed by atoms with Crippen molar-refractivity contribution in [3.05, 3.63) is 107 Å². The zero-order chi connectivity index (χ0) is 26.4. The highest BCUT2D eigenvalue weighted by molar-refractivity contribution is 6.35. The van der Waals surface area contributed by atoms with E-state index in [1.165, 1.54) is 0 Å². The molecule has 5 aromatic rings. The highest BCUT2D eigenvalue weighted by Crippen LogP contribution is 2.26. The first kappa shape index (κ1) is 25.3. The smallest absolute Gasteiger partial charge is 0.255 e. The van der Waals surface area contributed by atoms with Gasteiger partial charge in [-0.2, -0.15) is 0 Å². The van der Waals surface area contributed by atoms with Gasteiger partial charge in [0, 0.05) is 40.8 Å². The number of nitrogens with one attached hydrogen (secondary N) is 3. The molecule has 0 fully saturated rings. The number of hydrogen-bond acceptors (Lipinski definition) is 5. The number of aromatic amines is 1. The molecule has 1 aromatic heterocycles. The van der Waals surface area contributed by atoms with Crippen LogP contribution in [0.4, 0.5) is 17.1 Å². The molecule has 37 heavy (non-hydrogen) atoms. The van der Waals surface area contributed by atoms with Gasteiger partial charge in [0.1, 0.15) is 11.3 Å². The van der Waals surface area contributed by atoms with E-state index < -0.39 is 0 Å². The Morgan fingerprint density at radius 2 is 1.35 bits per heavy atom. The summed E-state index contributed by atoms with van der Waals surface area (Å²) >= 11 is 6.17. The second-order valence-corrected chi connectivity index (χ2v) is 8.48. The molecule has 0 atom stereocenters. The third kappa shape index (κ3) is 6.25. The Labute approximate surface area is 218 Å². The Balaban J connectivity index is 0.000000245. The standard InChI is InChI=1S/C20H15ClN4O.C8H10N2O/c21-16-2-1-3-17-18(16)25-19(24-17)12-6-10-15(11-7-12)23-20(26)13-4-8-14(22)9-5-13;1-10-8(11)6-2-4-7(9)5-3-6/h1-11H,22H2,(H,23,26)(H,24,25);2-5H,9H2,1H3,(H,10,11). The largest absolute Gasteiger partial charge is 0.399 e. The first-order chi connectivity index (χ1) is 17.8. The number of fused-ring (bicyclic) bond motifs is 1. The van der Waals surface area contributed by atoms with E-state index in [1.54, 1.807) is 55.6 Å². The Hall–Kier alpha value is -4.82. The monoisotopic (exact) mass is 512 g/mol. The van der Waals surface area contributed by atoms with Crippen molar-refractivity contribution in [1.82, 2.24) is 15.3 Å². The molecule has 4 aromatic carbocycles. The average molecular weight is 513 g/mol. The van der Waals surface area contributed by atoms with Crippen LogP contribution in [-0.2, 0) is 0 Å². The highest BCUT2D eigenvalue weighted by Gasteiger charge is 2.09. The maximum absolute atomic E-state index is 12.3. The molecule has 0 aliphatic heterocycles. The van der Waals surface area contributed by atoms with Crippen molar-refractivity contribution in [2.45, 2.75) is 0 Å². The topological polar surface area (TPSA) is 139 Å². The Morgan fingerprint density at radius 1 is 0.784 bits per heavy atom. The highest BCUT2D eigenvalue weighted by atomic mass is 35.5. The van der Waals surface area contributed by atoms with Crippen molar-refractivity contribution in [2.24, 2.45) is 0 Å². The van der Waals surface area contributed by atoms with Gasteiger partial charge in [0.2, 0.25) is 0 Å². The number of rotatable bonds is 4. The van der Waals surface area contributed by atoms with Crippen LogP contribution in [0.15, 0.2) is 91.0 Å². The maximum atomic E-state index is 12.3. The average Bonchev–Trinajstić information content (AvgIpc) is 3.36. The van der Waals surface area contributed by atoms with E-state index in [9.17, 15) is 9.59 Å². The normalized spacial score (nSPS) is 10.3. The second kappa shape index (κ2) is 11.3. The lowest BCUT2D eigenvalue weighted by Gasteiger charge is -2.06. The SMILES string of the molecule is CNC(=O)c1ccc(N)cc1.Nc1ccc(C(=O)Nc2ccc(-c3nc4c(Cl)cccc4[nH]3)cc2)cc1. The number of carbonyl (C=O) groups excluding carboxylic acids is 2. The van der Waals surface area contributed by atoms with Crippen LogP contribution >= 0.6 is 11.6 Å². The summed E-state index contributed by atoms with van der Waals surface area (Å²) in [6.07, 6.45) is 0. The minimum absolute atomic E-state index is 0.0926. The van der Waals surface area contributed by atoms with Gasteiger partial charge in [-0.05, 0) is 84.9 Å². The molecular formula is C28H25ClN6O2. The molecule has 0 bridgehead atoms. The van der Waals surface area contributed by atoms with Crippen LogP contribution in [0.1, 0.15) is 20.7 Å². The van der Waals surface area contributed by atoms with Crippen molar-refractivity contribution in [3.63, 3.8) is 0 Å². The summed E-state index contributed by atoms with van der Waals surface area (Å²) < 4.78 is 0. The van der Waals surface area contributed by atoms with E-state index in [1.807, 2.05) is 42.5 Å². The number of imidazole rings is 1. The van der Waals surface area contributed by atoms with Gasteiger partial charge < -0.3 is 27.1 Å². The van der Waals surface area contributed by atoms with Crippen LogP contribution < -0.4 is 22.1 Å². The van der Waals surface area contributed by atoms with E-state index in [2.05, 4.69) is 20.6 Å². The zero-order valence-electron chi connectivity index (χ0n) is 20.0. The third-order valence-electron chi connectivity index (χ3n) is 5.45. The summed E-state index contributed by atoms with van der Waals surface area (Å²) in [7, 11) is 1.60. The lowest BCUT2D eigenvalue weighted by atomic mass is 10.1. The molecule has 7 N–H and O–H groups in total. The Bertz CT molecular complexity index is 1530. The molecule has 0 saturated heterocycles. The van der Waals surface area contributed by atoms with Gasteiger partial charge in [-0.3, -0.25) is 9.59 Å². The summed E-state index contributed by atoms with van der Waals surface area (Å²) in [4.78, 5) is 31.0. The Morgan fingerprint density at radius 3 is 1.89 bits per heavy atom. The molecule has 0 spiro atoms. The van der Waals surface area contributed by atoms with Crippen molar-refractivity contribution in [1.29, 1.82) is 0 Å². The third-order valence-corrected chi connectivity index (χ3v) is 5.76. The van der Waals surface area contributed by atoms with Crippen LogP contribution in [0.2, 0.25) is 5.02 Å². The fourth-order valence-electron chi connectivity index (χ4n) is 3.46. The fraction of sp³-hybridized carbons (Fsp3) is 0.0357. The number of nitrogen functional groups attached to an aromatic ring is 2. The van der Waals surface area contributed by atoms with Gasteiger partial charge in [0.15, 0.2) is 0 Å². The minimum atomic E-state index is -0.187. The molecule has 0 unspecified atom stereocenters. The number of nitrogens with zero attached hydrogens (tertiary/aromatic N) is 1. The van der Waals surface area contributed by atoms with E-state index in [4.69, 9.17) is 23.1 Å². The van der Waals surface area contributed by atoms with Gasteiger partial charge in [-0.15, -0.1) is 0 Å². The lowest BCUT2D eigenvalue weighted by Crippen LogP contribution is -2.17. The predicted molar refractivity (Wildman–Crippen MR) is 150 cm³/mol. The maximum Gasteiger partial charge on any atom is 0.255 e. The number of carbonyl (C=O) groups is 2. The van der Waals surface area contributed by atoms with Crippen LogP contribution in [0.25, 0.3) is 22.4 Å². The predicted octanol–water partition coefficient (Wildman–Crippen LogP) is 5.35. The number of benzene rings is 4. The molecular weight excluding hydrogens is 488 g/mol. The number of para-hydroxylation sites is 1. The molecule has 0 radical (unpaired) electrons. The number of nitrogens with two attached hydrogens (primary N) is 2. The van der Waals surface area contributed by atoms with Gasteiger partial charge in [0.05, 0.1) is 10.5 Å². The summed E-state index contributed by atoms with van der Waals surface area (Å²) in [5.74, 6) is 0.447. The number of H-pyrrole nitrogens is 1. The van der Waals surface area contributed by atoms with Crippen molar-refractivity contribution < 1.29 is 9.59 Å². The van der Waals surface area contributed by atoms with E-state index in [0.29, 0.717) is 33.2 Å². The van der Waals surface area contributed by atoms with Crippen LogP contribution in [0.5, 0.6) is 0 Å². The number of aromatic nitrogens is 2. The van der Waals surface area contributed by atoms with E-state index in [0.717, 1.165) is 22.4 Å². The van der Waals surface area contributed by atoms with Crippen molar-refractivity contribution in [3.8, 4) is 11.4 Å². The molecule has 0 aliphatic carbocycles. The van der Waals surface area contributed by atoms with Crippen LogP contribution in [-0.4, -0.2) is 28.8 Å². The molecule has 9 heteroatoms. The molecule has 2 amide bonds. The second-order valence-electron chi connectivity index (χ2n) is 8.08. The molecule has 8 nitrogen and oxygen atoms in total. The van der Waals surface area contributed by atoms with E-state index in [-0.39, 0.29) is 11.8 Å². The summed E-state index contributed by atoms with van der Waals surface area (Å²) in [6.45, 7) is 0. The van der Waals surface area contributed by atoms with Gasteiger partial charge in [0.25, 0.3) is 11.8 Å². The molecule has 0 saturated carbocycles. The van der Waals surface area contributed by atoms with Gasteiger partial charge >= 0.3 is 0 Å². The quantitative estimate of drug-likeness (QED) is 0.207. The van der Waals surface area contributed by atoms with Crippen LogP contribution in [0, 0.1) is 0 Å². The van der Waals surface area contributed by atoms with Crippen LogP contribution in [0.3, 0.4) is 0 Å². The molecule has 5 rings (SSSR count). The van der Waals surface area contributed by atoms with Gasteiger partial charge in [-0.1, -0.05) is 17.7 Å². The minimum Gasteiger partial charge on any atom is -0.399 e. The van der Waals surface area contributed by atoms with E-state index >= 15 is 0 Å². The summed E-state index contributed by atoms with van der Waals surface area (Å²) in [5, 5.41) is 5.99. The van der Waals surface area contributed by atoms with Gasteiger partial charge in [-0.25, -0.2) is 4.98 Å². The molecule has 186 valence electrons. The first-order valence-electron chi connectivity index (χ1n) is 11.3. The number of amides is 2. The molecule has 1 heterocycles. The summed E-state index contributed by atoms with van der Waals surface area (Å²) in [6, 6.07) is 26.6. The Kier molecular flexibility index (Phi) is 7.71. The van der Waals surface area contributed by atoms with Crippen molar-refractivity contribution in [2.75, 3.05) is 23.8 Å². The molecule has 0 aliphatic rings. The zero-order valence-corrected chi connectivity index (χ0v) is 20.7. The first-order valence-corrected chi connectivity index (χ1v) is 11.7. The fourth-order valence-corrected chi connectivity index (χ4v) is 3.68. The number of anilines is 3. The lowest BCUT2D eigenvalue weighted by molar-refractivity contribution is 0.0962.